The van der Waals surface area contributed by atoms with Crippen LogP contribution in [-0.2, 0) is 16.9 Å². The van der Waals surface area contributed by atoms with Gasteiger partial charge in [0.1, 0.15) is 9.22 Å². The van der Waals surface area contributed by atoms with Crippen LogP contribution in [0.1, 0.15) is 18.7 Å². The van der Waals surface area contributed by atoms with E-state index >= 15 is 0 Å². The smallest absolute Gasteiger partial charge is 0.163 e. The molecule has 0 spiro atoms. The summed E-state index contributed by atoms with van der Waals surface area (Å²) in [6.45, 7) is 4.11. The first-order chi connectivity index (χ1) is 13.1. The molecule has 1 N–H and O–H groups in total. The quantitative estimate of drug-likeness (QED) is 0.376. The Hall–Kier alpha value is -1.67. The van der Waals surface area contributed by atoms with Crippen molar-refractivity contribution in [2.75, 3.05) is 4.31 Å². The number of anilines is 1. The molecule has 0 radical (unpaired) electrons. The van der Waals surface area contributed by atoms with Gasteiger partial charge >= 0.3 is 0 Å². The van der Waals surface area contributed by atoms with Crippen molar-refractivity contribution in [1.82, 2.24) is 9.97 Å². The van der Waals surface area contributed by atoms with Crippen LogP contribution in [0, 0.1) is 0 Å². The number of thiazole rings is 1. The summed E-state index contributed by atoms with van der Waals surface area (Å²) in [6.07, 6.45) is 1.81. The second-order valence-electron chi connectivity index (χ2n) is 6.29. The lowest BCUT2D eigenvalue weighted by molar-refractivity contribution is 0.673. The van der Waals surface area contributed by atoms with Gasteiger partial charge in [-0.15, -0.1) is 34.3 Å². The van der Waals surface area contributed by atoms with Gasteiger partial charge in [0.25, 0.3) is 0 Å². The monoisotopic (exact) mass is 435 g/mol. The largest absolute Gasteiger partial charge is 0.351 e. The number of para-hydroxylation sites is 1. The molecule has 1 aromatic carbocycles. The Morgan fingerprint density at radius 1 is 1.30 bits per heavy atom. The van der Waals surface area contributed by atoms with E-state index in [4.69, 9.17) is 11.6 Å². The van der Waals surface area contributed by atoms with Crippen molar-refractivity contribution < 1.29 is 4.21 Å². The molecule has 0 aliphatic carbocycles. The molecular weight excluding hydrogens is 418 g/mol. The average molecular weight is 436 g/mol. The molecule has 0 aliphatic rings. The van der Waals surface area contributed by atoms with E-state index in [1.54, 1.807) is 11.3 Å². The molecule has 4 aromatic rings. The molecule has 3 aromatic heterocycles. The number of hydrogen-bond acceptors (Lipinski definition) is 4. The third kappa shape index (κ3) is 3.57. The summed E-state index contributed by atoms with van der Waals surface area (Å²) in [7, 11) is -1.26. The van der Waals surface area contributed by atoms with E-state index in [9.17, 15) is 4.21 Å². The average Bonchev–Trinajstić information content (AvgIpc) is 3.40. The van der Waals surface area contributed by atoms with Gasteiger partial charge in [0.15, 0.2) is 11.0 Å². The molecule has 0 saturated heterocycles. The molecule has 0 amide bonds. The van der Waals surface area contributed by atoms with Crippen molar-refractivity contribution in [2.45, 2.75) is 30.0 Å². The van der Waals surface area contributed by atoms with Crippen molar-refractivity contribution in [2.24, 2.45) is 0 Å². The van der Waals surface area contributed by atoms with Gasteiger partial charge in [-0.25, -0.2) is 9.19 Å². The maximum atomic E-state index is 13.2. The first kappa shape index (κ1) is 18.7. The standard InChI is InChI=1S/C19H18ClN3OS3/c1-12(2)23(27(24)17-7-4-8-25-17)16-6-3-5-13-9-15(22-18(13)16)19-21-11-14(10-20)26-19/h3-9,11-12,22H,10H2,1-2H3. The zero-order valence-corrected chi connectivity index (χ0v) is 18.0. The first-order valence-corrected chi connectivity index (χ1v) is 11.8. The minimum Gasteiger partial charge on any atom is -0.351 e. The van der Waals surface area contributed by atoms with Crippen LogP contribution in [0.5, 0.6) is 0 Å². The number of halogens is 1. The third-order valence-electron chi connectivity index (χ3n) is 4.10. The predicted molar refractivity (Wildman–Crippen MR) is 117 cm³/mol. The second-order valence-corrected chi connectivity index (χ2v) is 10.2. The van der Waals surface area contributed by atoms with Crippen LogP contribution in [0.15, 0.2) is 52.2 Å². The van der Waals surface area contributed by atoms with Gasteiger partial charge in [-0.3, -0.25) is 4.31 Å². The number of fused-ring (bicyclic) bond motifs is 1. The van der Waals surface area contributed by atoms with Crippen molar-refractivity contribution in [3.8, 4) is 10.7 Å². The lowest BCUT2D eigenvalue weighted by Gasteiger charge is -2.27. The lowest BCUT2D eigenvalue weighted by atomic mass is 10.2. The molecule has 4 nitrogen and oxygen atoms in total. The highest BCUT2D eigenvalue weighted by Crippen LogP contribution is 2.35. The molecule has 3 heterocycles. The number of rotatable bonds is 6. The fourth-order valence-corrected chi connectivity index (χ4v) is 6.21. The number of thiophene rings is 1. The topological polar surface area (TPSA) is 49.0 Å². The Labute approximate surface area is 173 Å². The van der Waals surface area contributed by atoms with Crippen LogP contribution in [0.2, 0.25) is 0 Å². The Kier molecular flexibility index (Phi) is 5.36. The molecule has 1 atom stereocenters. The van der Waals surface area contributed by atoms with Crippen LogP contribution < -0.4 is 4.31 Å². The number of H-pyrrole nitrogens is 1. The van der Waals surface area contributed by atoms with Gasteiger partial charge in [-0.1, -0.05) is 18.2 Å². The van der Waals surface area contributed by atoms with Crippen LogP contribution in [0.25, 0.3) is 21.6 Å². The van der Waals surface area contributed by atoms with Gasteiger partial charge in [0, 0.05) is 22.5 Å². The molecule has 8 heteroatoms. The Balaban J connectivity index is 1.81. The Morgan fingerprint density at radius 3 is 2.81 bits per heavy atom. The van der Waals surface area contributed by atoms with E-state index in [-0.39, 0.29) is 6.04 Å². The summed E-state index contributed by atoms with van der Waals surface area (Å²) in [4.78, 5) is 8.99. The van der Waals surface area contributed by atoms with E-state index in [2.05, 4.69) is 35.9 Å². The number of aromatic amines is 1. The van der Waals surface area contributed by atoms with Crippen molar-refractivity contribution in [3.05, 3.63) is 52.9 Å². The molecular formula is C19H18ClN3OS3. The summed E-state index contributed by atoms with van der Waals surface area (Å²) in [5.41, 5.74) is 2.84. The molecule has 0 fully saturated rings. The van der Waals surface area contributed by atoms with Crippen molar-refractivity contribution in [3.63, 3.8) is 0 Å². The normalized spacial score (nSPS) is 12.7. The van der Waals surface area contributed by atoms with Crippen LogP contribution in [0.4, 0.5) is 5.69 Å². The van der Waals surface area contributed by atoms with Crippen molar-refractivity contribution >= 4 is 61.9 Å². The summed E-state index contributed by atoms with van der Waals surface area (Å²) in [5, 5.41) is 3.93. The van der Waals surface area contributed by atoms with E-state index < -0.39 is 11.0 Å². The molecule has 4 rings (SSSR count). The second kappa shape index (κ2) is 7.75. The summed E-state index contributed by atoms with van der Waals surface area (Å²) < 4.78 is 16.0. The fraction of sp³-hybridized carbons (Fsp3) is 0.211. The highest BCUT2D eigenvalue weighted by atomic mass is 35.5. The molecule has 0 bridgehead atoms. The van der Waals surface area contributed by atoms with Gasteiger partial charge < -0.3 is 4.98 Å². The number of benzene rings is 1. The first-order valence-electron chi connectivity index (χ1n) is 8.46. The van der Waals surface area contributed by atoms with Crippen LogP contribution >= 0.6 is 34.3 Å². The highest BCUT2D eigenvalue weighted by molar-refractivity contribution is 7.88. The van der Waals surface area contributed by atoms with E-state index in [1.165, 1.54) is 11.3 Å². The van der Waals surface area contributed by atoms with Gasteiger partial charge in [-0.05, 0) is 37.4 Å². The Bertz CT molecular complexity index is 1080. The predicted octanol–water partition coefficient (Wildman–Crippen LogP) is 6.03. The number of alkyl halides is 1. The SMILES string of the molecule is CC(C)N(c1cccc2cc(-c3ncc(CCl)s3)[nH]c12)S(=O)c1cccs1. The summed E-state index contributed by atoms with van der Waals surface area (Å²) >= 11 is 9.00. The fourth-order valence-electron chi connectivity index (χ4n) is 2.95. The molecule has 1 unspecified atom stereocenters. The molecule has 27 heavy (non-hydrogen) atoms. The lowest BCUT2D eigenvalue weighted by Crippen LogP contribution is -2.32. The summed E-state index contributed by atoms with van der Waals surface area (Å²) in [5.74, 6) is 0.462. The number of nitrogens with one attached hydrogen (secondary N) is 1. The molecule has 140 valence electrons. The van der Waals surface area contributed by atoms with E-state index in [0.717, 1.165) is 36.4 Å². The van der Waals surface area contributed by atoms with Gasteiger partial charge in [0.2, 0.25) is 0 Å². The van der Waals surface area contributed by atoms with Crippen LogP contribution in [0.3, 0.4) is 0 Å². The zero-order valence-electron chi connectivity index (χ0n) is 14.8. The van der Waals surface area contributed by atoms with Crippen molar-refractivity contribution in [1.29, 1.82) is 0 Å². The maximum absolute atomic E-state index is 13.2. The number of nitrogens with zero attached hydrogens (tertiary/aromatic N) is 2. The number of hydrogen-bond donors (Lipinski definition) is 1. The summed E-state index contributed by atoms with van der Waals surface area (Å²) in [6, 6.07) is 12.1. The molecule has 0 aliphatic heterocycles. The number of aromatic nitrogens is 2. The van der Waals surface area contributed by atoms with E-state index in [1.807, 2.05) is 40.1 Å². The maximum Gasteiger partial charge on any atom is 0.163 e. The highest BCUT2D eigenvalue weighted by Gasteiger charge is 2.23. The van der Waals surface area contributed by atoms with Gasteiger partial charge in [-0.2, -0.15) is 0 Å². The Morgan fingerprint density at radius 2 is 2.15 bits per heavy atom. The minimum atomic E-state index is -1.26. The molecule has 0 saturated carbocycles. The van der Waals surface area contributed by atoms with E-state index in [0.29, 0.717) is 5.88 Å². The van der Waals surface area contributed by atoms with Crippen LogP contribution in [-0.4, -0.2) is 20.2 Å². The third-order valence-corrected chi connectivity index (χ3v) is 8.41. The minimum absolute atomic E-state index is 0.0768. The van der Waals surface area contributed by atoms with Gasteiger partial charge in [0.05, 0.1) is 22.8 Å². The zero-order chi connectivity index (χ0) is 19.0.